The highest BCUT2D eigenvalue weighted by molar-refractivity contribution is 5.41. The van der Waals surface area contributed by atoms with Gasteiger partial charge in [-0.2, -0.15) is 0 Å². The Labute approximate surface area is 117 Å². The number of nitrogens with zero attached hydrogens (tertiary/aromatic N) is 2. The summed E-state index contributed by atoms with van der Waals surface area (Å²) in [4.78, 5) is 6.99. The maximum Gasteiger partial charge on any atom is 0.128 e. The van der Waals surface area contributed by atoms with Crippen molar-refractivity contribution in [2.75, 3.05) is 18.0 Å². The third-order valence-electron chi connectivity index (χ3n) is 3.75. The summed E-state index contributed by atoms with van der Waals surface area (Å²) in [5, 5.41) is 3.46. The van der Waals surface area contributed by atoms with Crippen LogP contribution in [0.4, 0.5) is 5.82 Å². The number of piperidine rings is 1. The lowest BCUT2D eigenvalue weighted by Gasteiger charge is -2.38. The number of hydrogen-bond donors (Lipinski definition) is 1. The molecular formula is C16H27N3. The summed E-state index contributed by atoms with van der Waals surface area (Å²) in [5.41, 5.74) is 1.73. The van der Waals surface area contributed by atoms with Crippen molar-refractivity contribution in [3.05, 3.63) is 23.9 Å². The van der Waals surface area contributed by atoms with E-state index in [-0.39, 0.29) is 0 Å². The van der Waals surface area contributed by atoms with Crippen LogP contribution in [0, 0.1) is 5.41 Å². The van der Waals surface area contributed by atoms with Crippen LogP contribution in [0.25, 0.3) is 0 Å². The molecule has 2 heterocycles. The predicted molar refractivity (Wildman–Crippen MR) is 81.4 cm³/mol. The molecule has 1 N–H and O–H groups in total. The number of pyridine rings is 1. The van der Waals surface area contributed by atoms with Crippen LogP contribution in [-0.4, -0.2) is 24.1 Å². The van der Waals surface area contributed by atoms with Gasteiger partial charge < -0.3 is 10.2 Å². The van der Waals surface area contributed by atoms with E-state index in [1.165, 1.54) is 18.4 Å². The molecule has 3 heteroatoms. The summed E-state index contributed by atoms with van der Waals surface area (Å²) in [6, 6.07) is 4.86. The van der Waals surface area contributed by atoms with Gasteiger partial charge in [-0.25, -0.2) is 4.98 Å². The molecule has 1 aromatic rings. The Kier molecular flexibility index (Phi) is 4.46. The molecule has 1 aliphatic heterocycles. The Morgan fingerprint density at radius 2 is 2.21 bits per heavy atom. The smallest absolute Gasteiger partial charge is 0.128 e. The van der Waals surface area contributed by atoms with Crippen LogP contribution in [0.15, 0.2) is 18.3 Å². The molecular weight excluding hydrogens is 234 g/mol. The molecule has 0 aromatic carbocycles. The zero-order valence-corrected chi connectivity index (χ0v) is 12.7. The van der Waals surface area contributed by atoms with Crippen molar-refractivity contribution >= 4 is 5.82 Å². The molecule has 1 fully saturated rings. The molecule has 1 saturated heterocycles. The second-order valence-electron chi connectivity index (χ2n) is 6.75. The van der Waals surface area contributed by atoms with E-state index in [0.29, 0.717) is 11.5 Å². The van der Waals surface area contributed by atoms with Crippen molar-refractivity contribution < 1.29 is 0 Å². The van der Waals surface area contributed by atoms with Crippen LogP contribution in [0.1, 0.15) is 46.1 Å². The molecule has 0 saturated carbocycles. The number of hydrogen-bond acceptors (Lipinski definition) is 3. The first-order chi connectivity index (χ1) is 8.96. The summed E-state index contributed by atoms with van der Waals surface area (Å²) in [5.74, 6) is 1.14. The van der Waals surface area contributed by atoms with E-state index in [1.807, 2.05) is 6.20 Å². The van der Waals surface area contributed by atoms with Gasteiger partial charge in [0.05, 0.1) is 0 Å². The number of aromatic nitrogens is 1. The Morgan fingerprint density at radius 3 is 2.89 bits per heavy atom. The minimum atomic E-state index is 0.409. The summed E-state index contributed by atoms with van der Waals surface area (Å²) in [6.07, 6.45) is 4.52. The van der Waals surface area contributed by atoms with Gasteiger partial charge in [0.15, 0.2) is 0 Å². The average Bonchev–Trinajstić information content (AvgIpc) is 2.35. The van der Waals surface area contributed by atoms with E-state index in [4.69, 9.17) is 0 Å². The maximum absolute atomic E-state index is 4.55. The molecule has 0 atom stereocenters. The van der Waals surface area contributed by atoms with Crippen molar-refractivity contribution in [2.45, 2.75) is 53.1 Å². The number of nitrogens with one attached hydrogen (secondary N) is 1. The fourth-order valence-corrected chi connectivity index (χ4v) is 2.68. The second kappa shape index (κ2) is 5.91. The Morgan fingerprint density at radius 1 is 1.42 bits per heavy atom. The summed E-state index contributed by atoms with van der Waals surface area (Å²) < 4.78 is 0. The Bertz CT molecular complexity index is 412. The van der Waals surface area contributed by atoms with Crippen molar-refractivity contribution in [3.63, 3.8) is 0 Å². The van der Waals surface area contributed by atoms with E-state index in [9.17, 15) is 0 Å². The van der Waals surface area contributed by atoms with Crippen molar-refractivity contribution in [3.8, 4) is 0 Å². The van der Waals surface area contributed by atoms with Crippen molar-refractivity contribution in [1.29, 1.82) is 0 Å². The molecule has 2 rings (SSSR count). The van der Waals surface area contributed by atoms with Crippen LogP contribution in [0.3, 0.4) is 0 Å². The quantitative estimate of drug-likeness (QED) is 0.902. The molecule has 106 valence electrons. The molecule has 3 nitrogen and oxygen atoms in total. The van der Waals surface area contributed by atoms with E-state index >= 15 is 0 Å². The molecule has 0 radical (unpaired) electrons. The SMILES string of the molecule is CC(C)NCc1ccnc(N2CCCC(C)(C)C2)c1. The van der Waals surface area contributed by atoms with Crippen molar-refractivity contribution in [1.82, 2.24) is 10.3 Å². The zero-order valence-electron chi connectivity index (χ0n) is 12.7. The van der Waals surface area contributed by atoms with E-state index < -0.39 is 0 Å². The van der Waals surface area contributed by atoms with Crippen molar-refractivity contribution in [2.24, 2.45) is 5.41 Å². The van der Waals surface area contributed by atoms with Gasteiger partial charge in [0.1, 0.15) is 5.82 Å². The fraction of sp³-hybridized carbons (Fsp3) is 0.688. The van der Waals surface area contributed by atoms with E-state index in [1.54, 1.807) is 0 Å². The van der Waals surface area contributed by atoms with Gasteiger partial charge in [0.25, 0.3) is 0 Å². The largest absolute Gasteiger partial charge is 0.356 e. The zero-order chi connectivity index (χ0) is 13.9. The minimum absolute atomic E-state index is 0.409. The first-order valence-corrected chi connectivity index (χ1v) is 7.39. The predicted octanol–water partition coefficient (Wildman–Crippen LogP) is 3.21. The van der Waals surface area contributed by atoms with Gasteiger partial charge in [0.2, 0.25) is 0 Å². The monoisotopic (exact) mass is 261 g/mol. The molecule has 0 aliphatic carbocycles. The van der Waals surface area contributed by atoms with Gasteiger partial charge in [0, 0.05) is 31.9 Å². The summed E-state index contributed by atoms with van der Waals surface area (Å²) in [6.45, 7) is 12.2. The average molecular weight is 261 g/mol. The third kappa shape index (κ3) is 4.20. The fourth-order valence-electron chi connectivity index (χ4n) is 2.68. The normalized spacial score (nSPS) is 18.9. The number of anilines is 1. The number of rotatable bonds is 4. The molecule has 0 unspecified atom stereocenters. The van der Waals surface area contributed by atoms with Gasteiger partial charge in [-0.3, -0.25) is 0 Å². The van der Waals surface area contributed by atoms with Crippen LogP contribution in [0.2, 0.25) is 0 Å². The van der Waals surface area contributed by atoms with Crippen LogP contribution >= 0.6 is 0 Å². The topological polar surface area (TPSA) is 28.2 Å². The van der Waals surface area contributed by atoms with E-state index in [0.717, 1.165) is 25.5 Å². The lowest BCUT2D eigenvalue weighted by atomic mass is 9.84. The van der Waals surface area contributed by atoms with Gasteiger partial charge in [-0.15, -0.1) is 0 Å². The first-order valence-electron chi connectivity index (χ1n) is 7.39. The molecule has 1 aliphatic rings. The third-order valence-corrected chi connectivity index (χ3v) is 3.75. The second-order valence-corrected chi connectivity index (χ2v) is 6.75. The lowest BCUT2D eigenvalue weighted by Crippen LogP contribution is -2.40. The summed E-state index contributed by atoms with van der Waals surface area (Å²) in [7, 11) is 0. The van der Waals surface area contributed by atoms with Gasteiger partial charge >= 0.3 is 0 Å². The summed E-state index contributed by atoms with van der Waals surface area (Å²) >= 11 is 0. The van der Waals surface area contributed by atoms with E-state index in [2.05, 4.69) is 55.0 Å². The highest BCUT2D eigenvalue weighted by Crippen LogP contribution is 2.30. The van der Waals surface area contributed by atoms with Gasteiger partial charge in [-0.05, 0) is 36.0 Å². The standard InChI is InChI=1S/C16H27N3/c1-13(2)18-11-14-6-8-17-15(10-14)19-9-5-7-16(3,4)12-19/h6,8,10,13,18H,5,7,9,11-12H2,1-4H3. The lowest BCUT2D eigenvalue weighted by molar-refractivity contribution is 0.292. The highest BCUT2D eigenvalue weighted by atomic mass is 15.2. The maximum atomic E-state index is 4.55. The molecule has 0 spiro atoms. The highest BCUT2D eigenvalue weighted by Gasteiger charge is 2.26. The molecule has 0 bridgehead atoms. The van der Waals surface area contributed by atoms with Crippen LogP contribution < -0.4 is 10.2 Å². The van der Waals surface area contributed by atoms with Gasteiger partial charge in [-0.1, -0.05) is 27.7 Å². The Balaban J connectivity index is 2.05. The minimum Gasteiger partial charge on any atom is -0.356 e. The van der Waals surface area contributed by atoms with Crippen LogP contribution in [-0.2, 0) is 6.54 Å². The molecule has 1 aromatic heterocycles. The molecule has 19 heavy (non-hydrogen) atoms. The first kappa shape index (κ1) is 14.3. The van der Waals surface area contributed by atoms with Crippen LogP contribution in [0.5, 0.6) is 0 Å². The molecule has 0 amide bonds. The Hall–Kier alpha value is -1.09.